The second kappa shape index (κ2) is 7.46. The van der Waals surface area contributed by atoms with Gasteiger partial charge in [0.15, 0.2) is 0 Å². The molecule has 1 fully saturated rings. The summed E-state index contributed by atoms with van der Waals surface area (Å²) in [4.78, 5) is 24.9. The van der Waals surface area contributed by atoms with Crippen LogP contribution in [0.2, 0.25) is 0 Å². The molecule has 1 aliphatic rings. The Labute approximate surface area is 136 Å². The van der Waals surface area contributed by atoms with Gasteiger partial charge in [0.05, 0.1) is 19.2 Å². The van der Waals surface area contributed by atoms with E-state index in [9.17, 15) is 9.59 Å². The second-order valence-corrected chi connectivity index (χ2v) is 6.46. The van der Waals surface area contributed by atoms with Crippen LogP contribution in [-0.2, 0) is 25.6 Å². The molecule has 0 N–H and O–H groups in total. The Balaban J connectivity index is 1.61. The van der Waals surface area contributed by atoms with Gasteiger partial charge < -0.3 is 19.1 Å². The highest BCUT2D eigenvalue weighted by molar-refractivity contribution is 5.71. The Morgan fingerprint density at radius 3 is 2.43 bits per heavy atom. The molecule has 1 amide bonds. The summed E-state index contributed by atoms with van der Waals surface area (Å²) in [5, 5.41) is 0. The summed E-state index contributed by atoms with van der Waals surface area (Å²) < 4.78 is 15.8. The van der Waals surface area contributed by atoms with Crippen molar-refractivity contribution in [2.45, 2.75) is 39.1 Å². The molecule has 0 bridgehead atoms. The van der Waals surface area contributed by atoms with Crippen LogP contribution < -0.4 is 0 Å². The molecule has 1 aromatic carbocycles. The van der Waals surface area contributed by atoms with Gasteiger partial charge in [0.2, 0.25) is 0 Å². The number of carbonyl (C=O) groups excluding carboxylic acids is 2. The molecule has 1 heterocycles. The van der Waals surface area contributed by atoms with Crippen LogP contribution in [0.4, 0.5) is 4.79 Å². The lowest BCUT2D eigenvalue weighted by molar-refractivity contribution is -0.165. The Kier molecular flexibility index (Phi) is 5.60. The van der Waals surface area contributed by atoms with Crippen molar-refractivity contribution in [3.63, 3.8) is 0 Å². The molecule has 0 aromatic heterocycles. The summed E-state index contributed by atoms with van der Waals surface area (Å²) in [5.74, 6) is -0.400. The van der Waals surface area contributed by atoms with Gasteiger partial charge in [0.1, 0.15) is 18.8 Å². The van der Waals surface area contributed by atoms with Gasteiger partial charge in [-0.2, -0.15) is 0 Å². The van der Waals surface area contributed by atoms with E-state index in [1.807, 2.05) is 30.3 Å². The van der Waals surface area contributed by atoms with Crippen molar-refractivity contribution in [2.24, 2.45) is 0 Å². The lowest BCUT2D eigenvalue weighted by atomic mass is 10.2. The average molecular weight is 321 g/mol. The van der Waals surface area contributed by atoms with Gasteiger partial charge in [-0.15, -0.1) is 0 Å². The third-order valence-corrected chi connectivity index (χ3v) is 3.17. The monoisotopic (exact) mass is 321 g/mol. The minimum absolute atomic E-state index is 0.102. The van der Waals surface area contributed by atoms with Crippen molar-refractivity contribution in [2.75, 3.05) is 19.7 Å². The predicted octanol–water partition coefficient (Wildman–Crippen LogP) is 2.37. The van der Waals surface area contributed by atoms with E-state index in [0.717, 1.165) is 5.56 Å². The predicted molar refractivity (Wildman–Crippen MR) is 83.8 cm³/mol. The molecule has 2 rings (SSSR count). The first-order valence-electron chi connectivity index (χ1n) is 7.62. The molecule has 6 heteroatoms. The zero-order valence-corrected chi connectivity index (χ0v) is 13.8. The highest BCUT2D eigenvalue weighted by Crippen LogP contribution is 2.15. The first kappa shape index (κ1) is 17.3. The Hall–Kier alpha value is -2.08. The maximum absolute atomic E-state index is 11.8. The lowest BCUT2D eigenvalue weighted by Crippen LogP contribution is -2.55. The fourth-order valence-corrected chi connectivity index (χ4v) is 2.06. The first-order chi connectivity index (χ1) is 10.8. The van der Waals surface area contributed by atoms with Gasteiger partial charge in [-0.25, -0.2) is 9.59 Å². The van der Waals surface area contributed by atoms with Crippen molar-refractivity contribution in [3.8, 4) is 0 Å². The molecular weight excluding hydrogens is 298 g/mol. The molecule has 1 saturated heterocycles. The number of rotatable bonds is 5. The van der Waals surface area contributed by atoms with Crippen LogP contribution in [0, 0.1) is 0 Å². The maximum atomic E-state index is 11.8. The molecule has 0 aliphatic carbocycles. The van der Waals surface area contributed by atoms with E-state index >= 15 is 0 Å². The molecule has 0 radical (unpaired) electrons. The summed E-state index contributed by atoms with van der Waals surface area (Å²) in [5.41, 5.74) is 0.423. The van der Waals surface area contributed by atoms with Crippen molar-refractivity contribution < 1.29 is 23.8 Å². The molecule has 1 aliphatic heterocycles. The van der Waals surface area contributed by atoms with Gasteiger partial charge in [-0.1, -0.05) is 30.3 Å². The van der Waals surface area contributed by atoms with E-state index in [1.165, 1.54) is 0 Å². The quantitative estimate of drug-likeness (QED) is 0.779. The Bertz CT molecular complexity index is 532. The minimum atomic E-state index is -0.520. The van der Waals surface area contributed by atoms with Gasteiger partial charge in [0, 0.05) is 0 Å². The largest absolute Gasteiger partial charge is 0.458 e. The third-order valence-electron chi connectivity index (χ3n) is 3.17. The number of esters is 1. The number of amides is 1. The Morgan fingerprint density at radius 2 is 1.83 bits per heavy atom. The number of nitrogens with zero attached hydrogens (tertiary/aromatic N) is 1. The molecule has 126 valence electrons. The van der Waals surface area contributed by atoms with E-state index in [1.54, 1.807) is 25.7 Å². The van der Waals surface area contributed by atoms with Crippen molar-refractivity contribution >= 4 is 12.1 Å². The molecule has 1 aromatic rings. The van der Waals surface area contributed by atoms with Crippen LogP contribution in [0.15, 0.2) is 30.3 Å². The smallest absolute Gasteiger partial charge is 0.410 e. The van der Waals surface area contributed by atoms with Crippen LogP contribution in [-0.4, -0.2) is 48.4 Å². The molecule has 0 atom stereocenters. The molecule has 0 saturated carbocycles. The van der Waals surface area contributed by atoms with Crippen LogP contribution in [0.3, 0.4) is 0 Å². The number of likely N-dealkylation sites (tertiary alicyclic amines) is 1. The van der Waals surface area contributed by atoms with Gasteiger partial charge in [-0.3, -0.25) is 0 Å². The number of benzene rings is 1. The number of carbonyl (C=O) groups is 2. The standard InChI is InChI=1S/C17H23NO5/c1-17(2,3)23-15(19)12-21-14-9-18(10-14)16(20)22-11-13-7-5-4-6-8-13/h4-8,14H,9-12H2,1-3H3. The number of hydrogen-bond acceptors (Lipinski definition) is 5. The normalized spacial score (nSPS) is 15.0. The van der Waals surface area contributed by atoms with Crippen LogP contribution in [0.5, 0.6) is 0 Å². The van der Waals surface area contributed by atoms with Crippen molar-refractivity contribution in [1.82, 2.24) is 4.90 Å². The summed E-state index contributed by atoms with van der Waals surface area (Å²) in [6.07, 6.45) is -0.516. The molecular formula is C17H23NO5. The van der Waals surface area contributed by atoms with E-state index in [4.69, 9.17) is 14.2 Å². The summed E-state index contributed by atoms with van der Waals surface area (Å²) in [7, 11) is 0. The summed E-state index contributed by atoms with van der Waals surface area (Å²) in [6.45, 7) is 6.41. The highest BCUT2D eigenvalue weighted by atomic mass is 16.6. The molecule has 6 nitrogen and oxygen atoms in total. The van der Waals surface area contributed by atoms with Crippen molar-refractivity contribution in [3.05, 3.63) is 35.9 Å². The summed E-state index contributed by atoms with van der Waals surface area (Å²) >= 11 is 0. The van der Waals surface area contributed by atoms with E-state index < -0.39 is 11.6 Å². The van der Waals surface area contributed by atoms with Gasteiger partial charge in [-0.05, 0) is 26.3 Å². The second-order valence-electron chi connectivity index (χ2n) is 6.46. The maximum Gasteiger partial charge on any atom is 0.410 e. The van der Waals surface area contributed by atoms with E-state index in [0.29, 0.717) is 13.1 Å². The SMILES string of the molecule is CC(C)(C)OC(=O)COC1CN(C(=O)OCc2ccccc2)C1. The minimum Gasteiger partial charge on any atom is -0.458 e. The molecule has 0 spiro atoms. The first-order valence-corrected chi connectivity index (χ1v) is 7.62. The van der Waals surface area contributed by atoms with Gasteiger partial charge >= 0.3 is 12.1 Å². The topological polar surface area (TPSA) is 65.1 Å². The average Bonchev–Trinajstić information content (AvgIpc) is 2.42. The lowest BCUT2D eigenvalue weighted by Gasteiger charge is -2.37. The molecule has 23 heavy (non-hydrogen) atoms. The fraction of sp³-hybridized carbons (Fsp3) is 0.529. The van der Waals surface area contributed by atoms with Crippen LogP contribution in [0.25, 0.3) is 0 Å². The highest BCUT2D eigenvalue weighted by Gasteiger charge is 2.33. The van der Waals surface area contributed by atoms with Crippen molar-refractivity contribution in [1.29, 1.82) is 0 Å². The van der Waals surface area contributed by atoms with E-state index in [-0.39, 0.29) is 25.4 Å². The zero-order valence-electron chi connectivity index (χ0n) is 13.8. The number of hydrogen-bond donors (Lipinski definition) is 0. The van der Waals surface area contributed by atoms with Gasteiger partial charge in [0.25, 0.3) is 0 Å². The summed E-state index contributed by atoms with van der Waals surface area (Å²) in [6, 6.07) is 9.50. The van der Waals surface area contributed by atoms with Crippen LogP contribution >= 0.6 is 0 Å². The van der Waals surface area contributed by atoms with E-state index in [2.05, 4.69) is 0 Å². The zero-order chi connectivity index (χ0) is 16.9. The fourth-order valence-electron chi connectivity index (χ4n) is 2.06. The molecule has 0 unspecified atom stereocenters. The third kappa shape index (κ3) is 5.90. The Morgan fingerprint density at radius 1 is 1.17 bits per heavy atom. The van der Waals surface area contributed by atoms with Crippen LogP contribution in [0.1, 0.15) is 26.3 Å². The number of ether oxygens (including phenoxy) is 3.